The number of hydrogen-bond acceptors (Lipinski definition) is 6. The van der Waals surface area contributed by atoms with E-state index >= 15 is 0 Å². The molecule has 2 amide bonds. The van der Waals surface area contributed by atoms with Gasteiger partial charge >= 0.3 is 5.97 Å². The largest absolute Gasteiger partial charge is 0.465 e. The minimum atomic E-state index is -0.428. The van der Waals surface area contributed by atoms with Crippen molar-refractivity contribution in [3.05, 3.63) is 59.9 Å². The van der Waals surface area contributed by atoms with Crippen molar-refractivity contribution in [2.24, 2.45) is 34.2 Å². The van der Waals surface area contributed by atoms with Gasteiger partial charge in [0.05, 0.1) is 30.7 Å². The standard InChI is InChI=1S/C24H20N2O5/c1-30-23(29)14-4-2-3-13(11-14)18-8-5-15(31-18)12-25-26-21(27)19-16-6-7-17(20(19)22(26)28)24(16)9-10-24/h2-8,11-12,16-17,19-20H,9-10H2,1H3/b25-12+. The summed E-state index contributed by atoms with van der Waals surface area (Å²) in [5.74, 6) is -0.0577. The van der Waals surface area contributed by atoms with E-state index in [9.17, 15) is 14.4 Å². The van der Waals surface area contributed by atoms with Gasteiger partial charge in [0.2, 0.25) is 0 Å². The summed E-state index contributed by atoms with van der Waals surface area (Å²) < 4.78 is 10.5. The number of methoxy groups -OCH3 is 1. The third kappa shape index (κ3) is 2.46. The van der Waals surface area contributed by atoms with Crippen LogP contribution in [-0.4, -0.2) is 36.1 Å². The molecule has 4 aliphatic rings. The van der Waals surface area contributed by atoms with Crippen LogP contribution in [0, 0.1) is 29.1 Å². The van der Waals surface area contributed by atoms with Gasteiger partial charge in [0.25, 0.3) is 11.8 Å². The first kappa shape index (κ1) is 18.3. The summed E-state index contributed by atoms with van der Waals surface area (Å²) in [7, 11) is 1.33. The van der Waals surface area contributed by atoms with Crippen molar-refractivity contribution in [1.29, 1.82) is 0 Å². The number of carbonyl (C=O) groups excluding carboxylic acids is 3. The first-order valence-electron chi connectivity index (χ1n) is 10.4. The number of ether oxygens (including phenoxy) is 1. The predicted octanol–water partition coefficient (Wildman–Crippen LogP) is 3.26. The zero-order valence-electron chi connectivity index (χ0n) is 16.9. The van der Waals surface area contributed by atoms with Gasteiger partial charge in [-0.15, -0.1) is 0 Å². The molecule has 1 spiro atoms. The van der Waals surface area contributed by atoms with Gasteiger partial charge in [-0.3, -0.25) is 9.59 Å². The second-order valence-corrected chi connectivity index (χ2v) is 8.73. The zero-order valence-corrected chi connectivity index (χ0v) is 16.9. The second-order valence-electron chi connectivity index (χ2n) is 8.73. The normalized spacial score (nSPS) is 29.4. The van der Waals surface area contributed by atoms with Crippen molar-refractivity contribution in [3.8, 4) is 11.3 Å². The molecule has 1 aliphatic heterocycles. The summed E-state index contributed by atoms with van der Waals surface area (Å²) in [6.45, 7) is 0. The Morgan fingerprint density at radius 3 is 2.48 bits per heavy atom. The van der Waals surface area contributed by atoms with E-state index in [0.717, 1.165) is 17.9 Å². The number of rotatable bonds is 4. The van der Waals surface area contributed by atoms with Crippen LogP contribution in [0.4, 0.5) is 0 Å². The Labute approximate surface area is 178 Å². The Bertz CT molecular complexity index is 1150. The Morgan fingerprint density at radius 1 is 1.13 bits per heavy atom. The third-order valence-electron chi connectivity index (χ3n) is 7.32. The van der Waals surface area contributed by atoms with Crippen LogP contribution in [0.15, 0.2) is 58.1 Å². The molecule has 31 heavy (non-hydrogen) atoms. The average molecular weight is 416 g/mol. The quantitative estimate of drug-likeness (QED) is 0.330. The van der Waals surface area contributed by atoms with E-state index in [1.165, 1.54) is 13.3 Å². The van der Waals surface area contributed by atoms with Gasteiger partial charge in [-0.2, -0.15) is 10.1 Å². The minimum absolute atomic E-state index is 0.172. The van der Waals surface area contributed by atoms with E-state index in [2.05, 4.69) is 17.3 Å². The summed E-state index contributed by atoms with van der Waals surface area (Å²) in [6, 6.07) is 10.4. The highest BCUT2D eigenvalue weighted by molar-refractivity contribution is 6.07. The van der Waals surface area contributed by atoms with Gasteiger partial charge < -0.3 is 9.15 Å². The number of nitrogens with zero attached hydrogens (tertiary/aromatic N) is 2. The van der Waals surface area contributed by atoms with Crippen LogP contribution in [0.2, 0.25) is 0 Å². The minimum Gasteiger partial charge on any atom is -0.465 e. The van der Waals surface area contributed by atoms with E-state index in [0.29, 0.717) is 22.6 Å². The molecule has 7 nitrogen and oxygen atoms in total. The monoisotopic (exact) mass is 416 g/mol. The summed E-state index contributed by atoms with van der Waals surface area (Å²) >= 11 is 0. The third-order valence-corrected chi connectivity index (χ3v) is 7.32. The molecule has 0 N–H and O–H groups in total. The van der Waals surface area contributed by atoms with Gasteiger partial charge in [-0.25, -0.2) is 4.79 Å². The lowest BCUT2D eigenvalue weighted by Crippen LogP contribution is -2.30. The number of furan rings is 1. The first-order valence-corrected chi connectivity index (χ1v) is 10.4. The molecule has 4 atom stereocenters. The molecule has 2 aromatic rings. The number of esters is 1. The molecule has 2 heterocycles. The number of allylic oxidation sites excluding steroid dienone is 2. The number of fused-ring (bicyclic) bond motifs is 3. The maximum absolute atomic E-state index is 13.0. The molecule has 1 saturated heterocycles. The molecule has 7 heteroatoms. The molecule has 1 aromatic carbocycles. The fourth-order valence-electron chi connectivity index (χ4n) is 5.79. The molecule has 3 aliphatic carbocycles. The number of carbonyl (C=O) groups is 3. The van der Waals surface area contributed by atoms with Gasteiger partial charge in [-0.1, -0.05) is 24.3 Å². The molecule has 0 radical (unpaired) electrons. The van der Waals surface area contributed by atoms with Crippen LogP contribution in [0.5, 0.6) is 0 Å². The highest BCUT2D eigenvalue weighted by atomic mass is 16.5. The summed E-state index contributed by atoms with van der Waals surface area (Å²) in [4.78, 5) is 37.7. The average Bonchev–Trinajstić information content (AvgIpc) is 3.07. The summed E-state index contributed by atoms with van der Waals surface area (Å²) in [5, 5.41) is 5.21. The SMILES string of the molecule is COC(=O)c1cccc(-c2ccc(/C=N/N3C(=O)C4C(C3=O)C3C=CC4C34CC4)o2)c1. The maximum Gasteiger partial charge on any atom is 0.337 e. The van der Waals surface area contributed by atoms with Crippen molar-refractivity contribution in [2.45, 2.75) is 12.8 Å². The molecular formula is C24H20N2O5. The van der Waals surface area contributed by atoms with Crippen LogP contribution in [-0.2, 0) is 14.3 Å². The summed E-state index contributed by atoms with van der Waals surface area (Å²) in [6.07, 6.45) is 7.89. The number of hydrogen-bond donors (Lipinski definition) is 0. The Morgan fingerprint density at radius 2 is 1.84 bits per heavy atom. The second kappa shape index (κ2) is 6.26. The van der Waals surface area contributed by atoms with E-state index in [-0.39, 0.29) is 40.9 Å². The van der Waals surface area contributed by atoms with Crippen LogP contribution < -0.4 is 0 Å². The van der Waals surface area contributed by atoms with Crippen LogP contribution >= 0.6 is 0 Å². The maximum atomic E-state index is 13.0. The molecule has 3 fully saturated rings. The molecule has 6 rings (SSSR count). The van der Waals surface area contributed by atoms with E-state index in [1.807, 2.05) is 6.07 Å². The van der Waals surface area contributed by atoms with Crippen molar-refractivity contribution in [2.75, 3.05) is 7.11 Å². The molecule has 156 valence electrons. The van der Waals surface area contributed by atoms with Crippen molar-refractivity contribution < 1.29 is 23.5 Å². The highest BCUT2D eigenvalue weighted by Crippen LogP contribution is 2.73. The lowest BCUT2D eigenvalue weighted by molar-refractivity contribution is -0.141. The van der Waals surface area contributed by atoms with Crippen molar-refractivity contribution in [1.82, 2.24) is 5.01 Å². The molecule has 4 unspecified atom stereocenters. The van der Waals surface area contributed by atoms with Crippen LogP contribution in [0.3, 0.4) is 0 Å². The molecule has 2 bridgehead atoms. The van der Waals surface area contributed by atoms with Crippen LogP contribution in [0.25, 0.3) is 11.3 Å². The number of amides is 2. The highest BCUT2D eigenvalue weighted by Gasteiger charge is 2.73. The topological polar surface area (TPSA) is 89.2 Å². The lowest BCUT2D eigenvalue weighted by atomic mass is 9.85. The van der Waals surface area contributed by atoms with E-state index < -0.39 is 5.97 Å². The first-order chi connectivity index (χ1) is 15.0. The smallest absolute Gasteiger partial charge is 0.337 e. The Kier molecular flexibility index (Phi) is 3.70. The molecule has 1 aromatic heterocycles. The van der Waals surface area contributed by atoms with Gasteiger partial charge in [0, 0.05) is 5.56 Å². The lowest BCUT2D eigenvalue weighted by Gasteiger charge is -2.18. The fraction of sp³-hybridized carbons (Fsp3) is 0.333. The van der Waals surface area contributed by atoms with Crippen LogP contribution in [0.1, 0.15) is 29.0 Å². The molecular weight excluding hydrogens is 396 g/mol. The Balaban J connectivity index is 1.22. The van der Waals surface area contributed by atoms with Gasteiger partial charge in [0.1, 0.15) is 11.5 Å². The van der Waals surface area contributed by atoms with E-state index in [1.54, 1.807) is 30.3 Å². The van der Waals surface area contributed by atoms with Gasteiger partial charge in [-0.05, 0) is 54.4 Å². The summed E-state index contributed by atoms with van der Waals surface area (Å²) in [5.41, 5.74) is 1.30. The molecule has 2 saturated carbocycles. The number of imide groups is 1. The van der Waals surface area contributed by atoms with E-state index in [4.69, 9.17) is 9.15 Å². The number of hydrazone groups is 1. The zero-order chi connectivity index (χ0) is 21.3. The number of benzene rings is 1. The van der Waals surface area contributed by atoms with Gasteiger partial charge in [0.15, 0.2) is 0 Å². The Hall–Kier alpha value is -3.48. The van der Waals surface area contributed by atoms with Crippen molar-refractivity contribution in [3.63, 3.8) is 0 Å². The van der Waals surface area contributed by atoms with Crippen molar-refractivity contribution >= 4 is 24.0 Å². The predicted molar refractivity (Wildman–Crippen MR) is 110 cm³/mol. The fourth-order valence-corrected chi connectivity index (χ4v) is 5.79.